The molecule has 0 unspecified atom stereocenters. The van der Waals surface area contributed by atoms with Crippen molar-refractivity contribution in [2.24, 2.45) is 5.41 Å². The lowest BCUT2D eigenvalue weighted by Gasteiger charge is -2.13. The molecule has 0 spiro atoms. The van der Waals surface area contributed by atoms with Gasteiger partial charge in [0, 0.05) is 0 Å². The van der Waals surface area contributed by atoms with Crippen molar-refractivity contribution in [1.29, 1.82) is 0 Å². The van der Waals surface area contributed by atoms with Crippen molar-refractivity contribution in [2.45, 2.75) is 34.1 Å². The SMILES string of the molecule is C/C=C\CC(C)(C)C. The van der Waals surface area contributed by atoms with E-state index in [1.165, 1.54) is 6.42 Å². The molecule has 0 N–H and O–H groups in total. The quantitative estimate of drug-likeness (QED) is 0.457. The third kappa shape index (κ3) is 5.74. The summed E-state index contributed by atoms with van der Waals surface area (Å²) < 4.78 is 0. The molecule has 0 rings (SSSR count). The topological polar surface area (TPSA) is 0 Å². The average molecular weight is 112 g/mol. The van der Waals surface area contributed by atoms with Crippen molar-refractivity contribution in [3.05, 3.63) is 12.2 Å². The minimum Gasteiger partial charge on any atom is -0.0916 e. The molecule has 0 saturated carbocycles. The van der Waals surface area contributed by atoms with Crippen LogP contribution in [-0.2, 0) is 0 Å². The normalized spacial score (nSPS) is 13.0. The smallest absolute Gasteiger partial charge is 0.0302 e. The molecule has 0 saturated heterocycles. The van der Waals surface area contributed by atoms with Crippen LogP contribution in [0.15, 0.2) is 12.2 Å². The summed E-state index contributed by atoms with van der Waals surface area (Å²) in [6.45, 7) is 8.79. The second kappa shape index (κ2) is 2.91. The first-order chi connectivity index (χ1) is 3.56. The van der Waals surface area contributed by atoms with Crippen molar-refractivity contribution < 1.29 is 0 Å². The molecular weight excluding hydrogens is 96.1 g/mol. The molecule has 0 nitrogen and oxygen atoms in total. The Morgan fingerprint density at radius 1 is 1.25 bits per heavy atom. The van der Waals surface area contributed by atoms with Gasteiger partial charge >= 0.3 is 0 Å². The van der Waals surface area contributed by atoms with Crippen LogP contribution in [0.25, 0.3) is 0 Å². The van der Waals surface area contributed by atoms with E-state index in [0.29, 0.717) is 5.41 Å². The third-order valence-electron chi connectivity index (χ3n) is 0.966. The zero-order chi connectivity index (χ0) is 6.62. The van der Waals surface area contributed by atoms with Gasteiger partial charge in [0.2, 0.25) is 0 Å². The van der Waals surface area contributed by atoms with E-state index in [1.54, 1.807) is 0 Å². The van der Waals surface area contributed by atoms with E-state index >= 15 is 0 Å². The second-order valence-corrected chi connectivity index (χ2v) is 3.33. The molecule has 0 aromatic rings. The number of rotatable bonds is 1. The van der Waals surface area contributed by atoms with Crippen molar-refractivity contribution in [1.82, 2.24) is 0 Å². The second-order valence-electron chi connectivity index (χ2n) is 3.33. The van der Waals surface area contributed by atoms with Gasteiger partial charge in [-0.25, -0.2) is 0 Å². The van der Waals surface area contributed by atoms with Gasteiger partial charge in [0.05, 0.1) is 0 Å². The van der Waals surface area contributed by atoms with E-state index in [4.69, 9.17) is 0 Å². The van der Waals surface area contributed by atoms with Crippen LogP contribution in [0, 0.1) is 5.41 Å². The van der Waals surface area contributed by atoms with Crippen LogP contribution in [0.4, 0.5) is 0 Å². The number of hydrogen-bond acceptors (Lipinski definition) is 0. The highest BCUT2D eigenvalue weighted by molar-refractivity contribution is 4.82. The number of allylic oxidation sites excluding steroid dienone is 2. The summed E-state index contributed by atoms with van der Waals surface area (Å²) in [5, 5.41) is 0. The summed E-state index contributed by atoms with van der Waals surface area (Å²) in [5.74, 6) is 0. The summed E-state index contributed by atoms with van der Waals surface area (Å²) in [4.78, 5) is 0. The molecule has 8 heavy (non-hydrogen) atoms. The summed E-state index contributed by atoms with van der Waals surface area (Å²) in [6.07, 6.45) is 5.49. The molecule has 0 fully saturated rings. The van der Waals surface area contributed by atoms with Crippen molar-refractivity contribution in [3.8, 4) is 0 Å². The van der Waals surface area contributed by atoms with Crippen LogP contribution in [-0.4, -0.2) is 0 Å². The average Bonchev–Trinajstić information content (AvgIpc) is 1.59. The fourth-order valence-electron chi connectivity index (χ4n) is 0.471. The van der Waals surface area contributed by atoms with Gasteiger partial charge in [-0.1, -0.05) is 32.9 Å². The van der Waals surface area contributed by atoms with Crippen molar-refractivity contribution in [3.63, 3.8) is 0 Å². The molecule has 0 aliphatic rings. The summed E-state index contributed by atoms with van der Waals surface area (Å²) in [7, 11) is 0. The minimum atomic E-state index is 0.465. The monoisotopic (exact) mass is 112 g/mol. The van der Waals surface area contributed by atoms with Gasteiger partial charge in [0.15, 0.2) is 0 Å². The Kier molecular flexibility index (Phi) is 2.81. The van der Waals surface area contributed by atoms with E-state index < -0.39 is 0 Å². The van der Waals surface area contributed by atoms with Crippen molar-refractivity contribution >= 4 is 0 Å². The molecule has 0 heterocycles. The standard InChI is InChI=1S/C8H16/c1-5-6-7-8(2,3)4/h5-6H,7H2,1-4H3/b6-5-. The molecule has 0 amide bonds. The Morgan fingerprint density at radius 3 is 1.88 bits per heavy atom. The van der Waals surface area contributed by atoms with Gasteiger partial charge in [-0.2, -0.15) is 0 Å². The molecule has 0 radical (unpaired) electrons. The van der Waals surface area contributed by atoms with Crippen LogP contribution in [0.5, 0.6) is 0 Å². The summed E-state index contributed by atoms with van der Waals surface area (Å²) in [6, 6.07) is 0. The largest absolute Gasteiger partial charge is 0.0916 e. The fraction of sp³-hybridized carbons (Fsp3) is 0.750. The lowest BCUT2D eigenvalue weighted by Crippen LogP contribution is -2.01. The molecule has 0 aliphatic carbocycles. The summed E-state index contributed by atoms with van der Waals surface area (Å²) in [5.41, 5.74) is 0.465. The molecule has 48 valence electrons. The molecule has 0 aliphatic heterocycles. The van der Waals surface area contributed by atoms with E-state index in [1.807, 2.05) is 0 Å². The van der Waals surface area contributed by atoms with Gasteiger partial charge in [0.25, 0.3) is 0 Å². The zero-order valence-corrected chi connectivity index (χ0v) is 6.36. The maximum absolute atomic E-state index is 2.24. The Bertz CT molecular complexity index is 72.5. The van der Waals surface area contributed by atoms with Gasteiger partial charge in [-0.3, -0.25) is 0 Å². The first-order valence-electron chi connectivity index (χ1n) is 3.17. The third-order valence-corrected chi connectivity index (χ3v) is 0.966. The predicted molar refractivity (Wildman–Crippen MR) is 38.9 cm³/mol. The zero-order valence-electron chi connectivity index (χ0n) is 6.36. The minimum absolute atomic E-state index is 0.465. The van der Waals surface area contributed by atoms with Crippen LogP contribution in [0.1, 0.15) is 34.1 Å². The first kappa shape index (κ1) is 7.74. The van der Waals surface area contributed by atoms with Gasteiger partial charge in [0.1, 0.15) is 0 Å². The lowest BCUT2D eigenvalue weighted by molar-refractivity contribution is 0.420. The Labute approximate surface area is 52.6 Å². The van der Waals surface area contributed by atoms with Crippen LogP contribution in [0.2, 0.25) is 0 Å². The molecule has 0 bridgehead atoms. The number of hydrogen-bond donors (Lipinski definition) is 0. The van der Waals surface area contributed by atoms with E-state index in [0.717, 1.165) is 0 Å². The maximum atomic E-state index is 2.24. The molecular formula is C8H16. The summed E-state index contributed by atoms with van der Waals surface area (Å²) >= 11 is 0. The van der Waals surface area contributed by atoms with Gasteiger partial charge in [-0.15, -0.1) is 0 Å². The van der Waals surface area contributed by atoms with Gasteiger partial charge in [-0.05, 0) is 18.8 Å². The van der Waals surface area contributed by atoms with E-state index in [-0.39, 0.29) is 0 Å². The highest BCUT2D eigenvalue weighted by atomic mass is 14.1. The first-order valence-corrected chi connectivity index (χ1v) is 3.17. The fourth-order valence-corrected chi connectivity index (χ4v) is 0.471. The van der Waals surface area contributed by atoms with E-state index in [9.17, 15) is 0 Å². The molecule has 0 aromatic heterocycles. The maximum Gasteiger partial charge on any atom is -0.0302 e. The Balaban J connectivity index is 3.39. The highest BCUT2D eigenvalue weighted by Crippen LogP contribution is 2.18. The van der Waals surface area contributed by atoms with Gasteiger partial charge < -0.3 is 0 Å². The molecule has 0 heteroatoms. The Hall–Kier alpha value is -0.260. The Morgan fingerprint density at radius 2 is 1.75 bits per heavy atom. The van der Waals surface area contributed by atoms with Crippen LogP contribution in [0.3, 0.4) is 0 Å². The molecule has 0 aromatic carbocycles. The predicted octanol–water partition coefficient (Wildman–Crippen LogP) is 3.00. The molecule has 0 atom stereocenters. The van der Waals surface area contributed by atoms with Crippen LogP contribution >= 0.6 is 0 Å². The highest BCUT2D eigenvalue weighted by Gasteiger charge is 2.05. The van der Waals surface area contributed by atoms with E-state index in [2.05, 4.69) is 39.8 Å². The van der Waals surface area contributed by atoms with Crippen molar-refractivity contribution in [2.75, 3.05) is 0 Å². The van der Waals surface area contributed by atoms with Crippen LogP contribution < -0.4 is 0 Å². The lowest BCUT2D eigenvalue weighted by atomic mass is 9.92.